The lowest BCUT2D eigenvalue weighted by molar-refractivity contribution is -0.131. The van der Waals surface area contributed by atoms with E-state index in [1.165, 1.54) is 12.1 Å². The van der Waals surface area contributed by atoms with Crippen molar-refractivity contribution in [3.05, 3.63) is 120 Å². The minimum atomic E-state index is -0.761. The maximum atomic E-state index is 13.2. The van der Waals surface area contributed by atoms with E-state index in [4.69, 9.17) is 0 Å². The fourth-order valence-corrected chi connectivity index (χ4v) is 4.84. The molecule has 5 rings (SSSR count). The molecule has 2 N–H and O–H groups in total. The van der Waals surface area contributed by atoms with E-state index in [-0.39, 0.29) is 29.4 Å². The molecule has 5 heteroatoms. The summed E-state index contributed by atoms with van der Waals surface area (Å²) in [5.41, 5.74) is 4.39. The molecule has 4 aromatic carbocycles. The van der Waals surface area contributed by atoms with Crippen molar-refractivity contribution in [2.24, 2.45) is 5.92 Å². The van der Waals surface area contributed by atoms with Gasteiger partial charge in [0.25, 0.3) is 0 Å². The number of phenolic OH excluding ortho intramolecular Hbond substituents is 1. The van der Waals surface area contributed by atoms with Gasteiger partial charge < -0.3 is 15.1 Å². The number of aliphatic hydroxyl groups excluding tert-OH is 1. The molecule has 0 radical (unpaired) electrons. The van der Waals surface area contributed by atoms with Gasteiger partial charge in [0, 0.05) is 5.69 Å². The Balaban J connectivity index is 1.39. The Labute approximate surface area is 203 Å². The molecule has 1 aliphatic heterocycles. The Hall–Kier alpha value is -3.96. The van der Waals surface area contributed by atoms with Gasteiger partial charge in [-0.2, -0.15) is 0 Å². The number of phenols is 1. The van der Waals surface area contributed by atoms with Crippen LogP contribution in [0.2, 0.25) is 0 Å². The molecule has 1 aliphatic rings. The van der Waals surface area contributed by atoms with E-state index in [9.17, 15) is 19.4 Å². The van der Waals surface area contributed by atoms with Crippen molar-refractivity contribution in [1.82, 2.24) is 0 Å². The van der Waals surface area contributed by atoms with Crippen molar-refractivity contribution < 1.29 is 19.4 Å². The number of hydrogen-bond acceptors (Lipinski definition) is 3. The van der Waals surface area contributed by atoms with Gasteiger partial charge in [0.2, 0.25) is 5.91 Å². The number of amides is 1. The Morgan fingerprint density at radius 1 is 0.829 bits per heavy atom. The van der Waals surface area contributed by atoms with Gasteiger partial charge >= 0.3 is 0 Å². The number of benzene rings is 4. The number of rotatable bonds is 7. The Kier molecular flexibility index (Phi) is 6.34. The van der Waals surface area contributed by atoms with Crippen LogP contribution in [-0.2, 0) is 4.79 Å². The molecule has 0 aliphatic carbocycles. The number of nitrogens with zero attached hydrogens (tertiary/aromatic N) is 1. The van der Waals surface area contributed by atoms with Crippen LogP contribution >= 0.6 is 0 Å². The number of aromatic hydroxyl groups is 1. The Morgan fingerprint density at radius 3 is 2.23 bits per heavy atom. The van der Waals surface area contributed by atoms with Crippen molar-refractivity contribution in [2.45, 2.75) is 25.0 Å². The highest BCUT2D eigenvalue weighted by Gasteiger charge is 2.48. The van der Waals surface area contributed by atoms with Crippen LogP contribution in [0.5, 0.6) is 5.75 Å². The minimum absolute atomic E-state index is 0.0320. The zero-order chi connectivity index (χ0) is 24.4. The topological polar surface area (TPSA) is 60.8 Å². The SMILES string of the molecule is O=C1[C@H](CCC(O)c2ccc(F)cc2)[C@@H](c2ccc(-c3cccc(O)c3)cc2)N1c1ccccc1. The van der Waals surface area contributed by atoms with Gasteiger partial charge in [0.1, 0.15) is 11.6 Å². The van der Waals surface area contributed by atoms with Gasteiger partial charge in [-0.05, 0) is 71.5 Å². The highest BCUT2D eigenvalue weighted by molar-refractivity contribution is 6.03. The second kappa shape index (κ2) is 9.72. The summed E-state index contributed by atoms with van der Waals surface area (Å²) < 4.78 is 13.2. The first-order valence-electron chi connectivity index (χ1n) is 11.7. The lowest BCUT2D eigenvalue weighted by Gasteiger charge is -2.48. The predicted octanol–water partition coefficient (Wildman–Crippen LogP) is 6.42. The minimum Gasteiger partial charge on any atom is -0.508 e. The summed E-state index contributed by atoms with van der Waals surface area (Å²) in [6.07, 6.45) is 0.158. The fourth-order valence-electron chi connectivity index (χ4n) is 4.84. The summed E-state index contributed by atoms with van der Waals surface area (Å²) >= 11 is 0. The summed E-state index contributed by atoms with van der Waals surface area (Å²) in [4.78, 5) is 15.1. The van der Waals surface area contributed by atoms with E-state index < -0.39 is 6.10 Å². The molecule has 0 spiro atoms. The maximum absolute atomic E-state index is 13.2. The van der Waals surface area contributed by atoms with Gasteiger partial charge in [-0.15, -0.1) is 0 Å². The monoisotopic (exact) mass is 467 g/mol. The third-order valence-corrected chi connectivity index (χ3v) is 6.69. The standard InChI is InChI=1S/C30H26FNO3/c31-24-15-13-21(14-16-24)28(34)18-17-27-29(32(30(27)35)25-6-2-1-3-7-25)22-11-9-20(10-12-22)23-5-4-8-26(33)19-23/h1-16,19,27-29,33-34H,17-18H2/t27-,28?,29-/m1/s1. The molecule has 176 valence electrons. The molecule has 1 fully saturated rings. The van der Waals surface area contributed by atoms with Crippen molar-refractivity contribution in [1.29, 1.82) is 0 Å². The molecular formula is C30H26FNO3. The van der Waals surface area contributed by atoms with Crippen LogP contribution in [-0.4, -0.2) is 16.1 Å². The predicted molar refractivity (Wildman–Crippen MR) is 134 cm³/mol. The van der Waals surface area contributed by atoms with E-state index in [1.807, 2.05) is 71.6 Å². The second-order valence-electron chi connectivity index (χ2n) is 8.91. The molecule has 0 saturated carbocycles. The molecule has 1 saturated heterocycles. The summed E-state index contributed by atoms with van der Waals surface area (Å²) in [5.74, 6) is -0.365. The molecular weight excluding hydrogens is 441 g/mol. The number of para-hydroxylation sites is 1. The Morgan fingerprint density at radius 2 is 1.54 bits per heavy atom. The quantitative estimate of drug-likeness (QED) is 0.309. The first kappa shape index (κ1) is 22.8. The molecule has 0 aromatic heterocycles. The summed E-state index contributed by atoms with van der Waals surface area (Å²) in [6.45, 7) is 0. The van der Waals surface area contributed by atoms with Crippen LogP contribution in [0.4, 0.5) is 10.1 Å². The van der Waals surface area contributed by atoms with E-state index in [1.54, 1.807) is 24.3 Å². The zero-order valence-corrected chi connectivity index (χ0v) is 19.1. The molecule has 35 heavy (non-hydrogen) atoms. The van der Waals surface area contributed by atoms with Gasteiger partial charge in [-0.1, -0.05) is 66.7 Å². The molecule has 3 atom stereocenters. The van der Waals surface area contributed by atoms with E-state index in [2.05, 4.69) is 0 Å². The molecule has 4 nitrogen and oxygen atoms in total. The normalized spacial score (nSPS) is 18.2. The fraction of sp³-hybridized carbons (Fsp3) is 0.167. The van der Waals surface area contributed by atoms with Crippen LogP contribution in [0.25, 0.3) is 11.1 Å². The molecule has 1 heterocycles. The van der Waals surface area contributed by atoms with Crippen LogP contribution in [0.3, 0.4) is 0 Å². The molecule has 0 bridgehead atoms. The zero-order valence-electron chi connectivity index (χ0n) is 19.1. The first-order valence-corrected chi connectivity index (χ1v) is 11.7. The largest absolute Gasteiger partial charge is 0.508 e. The molecule has 4 aromatic rings. The van der Waals surface area contributed by atoms with Gasteiger partial charge in [-0.25, -0.2) is 4.39 Å². The van der Waals surface area contributed by atoms with Crippen molar-refractivity contribution in [2.75, 3.05) is 4.90 Å². The first-order chi connectivity index (χ1) is 17.0. The van der Waals surface area contributed by atoms with Crippen LogP contribution in [0.15, 0.2) is 103 Å². The number of aliphatic hydroxyl groups is 1. The summed E-state index contributed by atoms with van der Waals surface area (Å²) in [7, 11) is 0. The highest BCUT2D eigenvalue weighted by atomic mass is 19.1. The number of hydrogen-bond donors (Lipinski definition) is 2. The lowest BCUT2D eigenvalue weighted by atomic mass is 9.78. The number of β-lactam (4-membered cyclic amide) rings is 1. The molecule has 1 unspecified atom stereocenters. The van der Waals surface area contributed by atoms with Crippen molar-refractivity contribution >= 4 is 11.6 Å². The third-order valence-electron chi connectivity index (χ3n) is 6.69. The number of carbonyl (C=O) groups excluding carboxylic acids is 1. The maximum Gasteiger partial charge on any atom is 0.233 e. The average molecular weight is 468 g/mol. The van der Waals surface area contributed by atoms with Gasteiger partial charge in [0.05, 0.1) is 18.1 Å². The van der Waals surface area contributed by atoms with Crippen molar-refractivity contribution in [3.8, 4) is 16.9 Å². The molecule has 1 amide bonds. The van der Waals surface area contributed by atoms with Gasteiger partial charge in [-0.3, -0.25) is 4.79 Å². The van der Waals surface area contributed by atoms with Crippen LogP contribution in [0, 0.1) is 11.7 Å². The van der Waals surface area contributed by atoms with E-state index >= 15 is 0 Å². The highest BCUT2D eigenvalue weighted by Crippen LogP contribution is 2.46. The Bertz CT molecular complexity index is 1310. The summed E-state index contributed by atoms with van der Waals surface area (Å²) in [6, 6.07) is 30.4. The van der Waals surface area contributed by atoms with E-state index in [0.717, 1.165) is 22.4 Å². The number of carbonyl (C=O) groups is 1. The second-order valence-corrected chi connectivity index (χ2v) is 8.91. The summed E-state index contributed by atoms with van der Waals surface area (Å²) in [5, 5.41) is 20.4. The van der Waals surface area contributed by atoms with Crippen LogP contribution in [0.1, 0.15) is 36.1 Å². The number of anilines is 1. The third kappa shape index (κ3) is 4.68. The van der Waals surface area contributed by atoms with Crippen molar-refractivity contribution in [3.63, 3.8) is 0 Å². The average Bonchev–Trinajstić information content (AvgIpc) is 2.88. The van der Waals surface area contributed by atoms with Gasteiger partial charge in [0.15, 0.2) is 0 Å². The van der Waals surface area contributed by atoms with E-state index in [0.29, 0.717) is 18.4 Å². The smallest absolute Gasteiger partial charge is 0.233 e. The van der Waals surface area contributed by atoms with Crippen LogP contribution < -0.4 is 4.90 Å². The number of halogens is 1. The lowest BCUT2D eigenvalue weighted by Crippen LogP contribution is -2.55.